The molecule has 0 bridgehead atoms. The Kier molecular flexibility index (Phi) is 15.5. The van der Waals surface area contributed by atoms with Crippen LogP contribution in [0.3, 0.4) is 0 Å². The monoisotopic (exact) mass is 254 g/mol. The molecule has 76 valence electrons. The van der Waals surface area contributed by atoms with Crippen LogP contribution in [-0.2, 0) is 9.59 Å². The van der Waals surface area contributed by atoms with Crippen molar-refractivity contribution in [3.05, 3.63) is 11.0 Å². The molecule has 0 spiro atoms. The summed E-state index contributed by atoms with van der Waals surface area (Å²) in [6, 6.07) is 0. The maximum absolute atomic E-state index is 9.98. The summed E-state index contributed by atoms with van der Waals surface area (Å²) in [6.45, 7) is 0. The van der Waals surface area contributed by atoms with Crippen molar-refractivity contribution in [1.29, 1.82) is 0 Å². The van der Waals surface area contributed by atoms with Gasteiger partial charge in [-0.25, -0.2) is 0 Å². The van der Waals surface area contributed by atoms with Crippen LogP contribution in [0, 0.1) is 0 Å². The van der Waals surface area contributed by atoms with Gasteiger partial charge in [0.2, 0.25) is 0 Å². The zero-order valence-electron chi connectivity index (χ0n) is 6.78. The third kappa shape index (κ3) is 18.3. The Morgan fingerprint density at radius 1 is 1.23 bits per heavy atom. The molecular weight excluding hydrogens is 241 g/mol. The van der Waals surface area contributed by atoms with Crippen molar-refractivity contribution in [3.63, 3.8) is 0 Å². The summed E-state index contributed by atoms with van der Waals surface area (Å²) in [7, 11) is 0. The second-order valence-corrected chi connectivity index (χ2v) is 4.37. The van der Waals surface area contributed by atoms with E-state index in [1.54, 1.807) is 4.91 Å². The van der Waals surface area contributed by atoms with E-state index in [-0.39, 0.29) is 17.4 Å². The number of carbonyl (C=O) groups is 2. The van der Waals surface area contributed by atoms with Crippen LogP contribution in [-0.4, -0.2) is 48.5 Å². The zero-order chi connectivity index (χ0) is 8.69. The number of carboxylic acid groups (broad SMARTS) is 2. The number of carboxylic acids is 2. The quantitative estimate of drug-likeness (QED) is 0.350. The first kappa shape index (κ1) is 18.0. The molecule has 6 nitrogen and oxygen atoms in total. The first-order valence-corrected chi connectivity index (χ1v) is 5.67. The molecule has 0 unspecified atom stereocenters. The number of hydrogen-bond acceptors (Lipinski definition) is 2. The summed E-state index contributed by atoms with van der Waals surface area (Å²) >= 11 is -0.505. The van der Waals surface area contributed by atoms with Crippen LogP contribution in [0.15, 0.2) is 11.0 Å². The molecular formula is C6H12GeO6. The number of rotatable bonds is 5. The van der Waals surface area contributed by atoms with Gasteiger partial charge in [-0.05, 0) is 0 Å². The topological polar surface area (TPSA) is 138 Å². The fourth-order valence-corrected chi connectivity index (χ4v) is 2.04. The van der Waals surface area contributed by atoms with Crippen molar-refractivity contribution in [2.75, 3.05) is 0 Å². The Morgan fingerprint density at radius 2 is 1.77 bits per heavy atom. The molecule has 0 rings (SSSR count). The Balaban J connectivity index is -0.000000500. The van der Waals surface area contributed by atoms with Crippen LogP contribution in [0.4, 0.5) is 0 Å². The molecule has 0 aromatic rings. The summed E-state index contributed by atoms with van der Waals surface area (Å²) in [5, 5.41) is 17.0. The van der Waals surface area contributed by atoms with Crippen molar-refractivity contribution in [1.82, 2.24) is 0 Å². The molecule has 6 N–H and O–H groups in total. The minimum atomic E-state index is -0.968. The predicted octanol–water partition coefficient (Wildman–Crippen LogP) is -1.47. The number of hydrogen-bond donors (Lipinski definition) is 2. The van der Waals surface area contributed by atoms with Gasteiger partial charge in [-0.1, -0.05) is 0 Å². The summed E-state index contributed by atoms with van der Waals surface area (Å²) < 4.78 is 0. The summed E-state index contributed by atoms with van der Waals surface area (Å²) in [5.41, 5.74) is 0. The van der Waals surface area contributed by atoms with Crippen LogP contribution in [0.2, 0.25) is 5.25 Å². The fraction of sp³-hybridized carbons (Fsp3) is 0.333. The van der Waals surface area contributed by atoms with E-state index in [0.717, 1.165) is 6.08 Å². The number of aliphatic carboxylic acids is 2. The van der Waals surface area contributed by atoms with Gasteiger partial charge in [0.15, 0.2) is 0 Å². The third-order valence-electron chi connectivity index (χ3n) is 0.827. The molecule has 0 aliphatic rings. The van der Waals surface area contributed by atoms with E-state index >= 15 is 0 Å². The molecule has 7 heteroatoms. The second-order valence-electron chi connectivity index (χ2n) is 1.77. The van der Waals surface area contributed by atoms with Crippen molar-refractivity contribution in [2.45, 2.75) is 11.7 Å². The predicted molar refractivity (Wildman–Crippen MR) is 46.8 cm³/mol. The summed E-state index contributed by atoms with van der Waals surface area (Å²) in [4.78, 5) is 21.5. The van der Waals surface area contributed by atoms with E-state index < -0.39 is 27.4 Å². The van der Waals surface area contributed by atoms with Crippen LogP contribution < -0.4 is 0 Å². The van der Waals surface area contributed by atoms with Crippen LogP contribution in [0.5, 0.6) is 0 Å². The van der Waals surface area contributed by atoms with Crippen LogP contribution >= 0.6 is 0 Å². The standard InChI is InChI=1S/C6H8GeO4.2H2O/c8-5(9)1-3-7-4-2-6(10)11;;/h1,3H,2,4H2,(H,8,9)(H,10,11);2*1H2/b3-1+;;. The zero-order valence-corrected chi connectivity index (χ0v) is 8.88. The Labute approximate surface area is 81.3 Å². The van der Waals surface area contributed by atoms with E-state index in [9.17, 15) is 9.59 Å². The van der Waals surface area contributed by atoms with Gasteiger partial charge in [-0.3, -0.25) is 0 Å². The molecule has 0 fully saturated rings. The van der Waals surface area contributed by atoms with Crippen molar-refractivity contribution in [2.24, 2.45) is 0 Å². The van der Waals surface area contributed by atoms with Crippen LogP contribution in [0.1, 0.15) is 6.42 Å². The van der Waals surface area contributed by atoms with Crippen molar-refractivity contribution in [3.8, 4) is 0 Å². The van der Waals surface area contributed by atoms with Gasteiger partial charge in [0.1, 0.15) is 0 Å². The maximum atomic E-state index is 9.98. The average Bonchev–Trinajstić information content (AvgIpc) is 1.85. The van der Waals surface area contributed by atoms with E-state index in [2.05, 4.69) is 0 Å². The normalized spacial score (nSPS) is 8.62. The van der Waals surface area contributed by atoms with Gasteiger partial charge in [0.05, 0.1) is 0 Å². The van der Waals surface area contributed by atoms with Gasteiger partial charge in [-0.2, -0.15) is 0 Å². The Bertz CT molecular complexity index is 178. The van der Waals surface area contributed by atoms with E-state index in [4.69, 9.17) is 10.2 Å². The van der Waals surface area contributed by atoms with E-state index in [1.165, 1.54) is 0 Å². The van der Waals surface area contributed by atoms with Gasteiger partial charge in [0, 0.05) is 0 Å². The molecule has 0 heterocycles. The van der Waals surface area contributed by atoms with Crippen molar-refractivity contribution >= 4 is 27.4 Å². The Hall–Kier alpha value is -0.857. The Morgan fingerprint density at radius 3 is 2.15 bits per heavy atom. The molecule has 0 aliphatic heterocycles. The molecule has 0 saturated heterocycles. The second kappa shape index (κ2) is 11.1. The van der Waals surface area contributed by atoms with Gasteiger partial charge < -0.3 is 11.0 Å². The molecule has 0 aromatic heterocycles. The summed E-state index contributed by atoms with van der Waals surface area (Å²) in [5.74, 6) is -1.79. The summed E-state index contributed by atoms with van der Waals surface area (Å²) in [6.07, 6.45) is 1.21. The first-order chi connectivity index (χ1) is 5.13. The molecule has 0 aliphatic carbocycles. The molecule has 2 radical (unpaired) electrons. The van der Waals surface area contributed by atoms with Crippen LogP contribution in [0.25, 0.3) is 0 Å². The molecule has 0 amide bonds. The molecule has 13 heavy (non-hydrogen) atoms. The van der Waals surface area contributed by atoms with Gasteiger partial charge in [-0.15, -0.1) is 0 Å². The van der Waals surface area contributed by atoms with E-state index in [1.807, 2.05) is 0 Å². The molecule has 0 aromatic carbocycles. The molecule has 0 saturated carbocycles. The van der Waals surface area contributed by atoms with Crippen molar-refractivity contribution < 1.29 is 30.8 Å². The third-order valence-corrected chi connectivity index (χ3v) is 2.80. The minimum absolute atomic E-state index is 0. The van der Waals surface area contributed by atoms with E-state index in [0.29, 0.717) is 5.25 Å². The van der Waals surface area contributed by atoms with Gasteiger partial charge in [0.25, 0.3) is 0 Å². The average molecular weight is 253 g/mol. The first-order valence-electron chi connectivity index (χ1n) is 2.97. The molecule has 0 atom stereocenters. The fourth-order valence-electron chi connectivity index (χ4n) is 0.393. The van der Waals surface area contributed by atoms with Gasteiger partial charge >= 0.3 is 69.8 Å². The SMILES string of the molecule is O.O.O=C(O)/C=[CH]/[Ge][CH2]CC(=O)O.